The second-order valence-electron chi connectivity index (χ2n) is 6.50. The molecule has 0 saturated carbocycles. The van der Waals surface area contributed by atoms with Crippen LogP contribution in [0.3, 0.4) is 0 Å². The molecular formula is C21H22N4OS2. The van der Waals surface area contributed by atoms with Crippen LogP contribution in [0.15, 0.2) is 57.9 Å². The van der Waals surface area contributed by atoms with Gasteiger partial charge in [-0.15, -0.1) is 11.3 Å². The zero-order valence-electron chi connectivity index (χ0n) is 16.1. The molecule has 0 unspecified atom stereocenters. The fourth-order valence-electron chi connectivity index (χ4n) is 3.24. The van der Waals surface area contributed by atoms with Gasteiger partial charge in [0.05, 0.1) is 19.4 Å². The highest BCUT2D eigenvalue weighted by Crippen LogP contribution is 2.28. The number of para-hydroxylation sites is 2. The number of methoxy groups -OCH3 is 1. The molecule has 0 spiro atoms. The highest BCUT2D eigenvalue weighted by atomic mass is 32.2. The van der Waals surface area contributed by atoms with Gasteiger partial charge >= 0.3 is 0 Å². The molecule has 7 heteroatoms. The third-order valence-corrected chi connectivity index (χ3v) is 6.45. The average Bonchev–Trinajstić information content (AvgIpc) is 3.33. The van der Waals surface area contributed by atoms with Crippen LogP contribution >= 0.6 is 23.1 Å². The van der Waals surface area contributed by atoms with E-state index in [1.54, 1.807) is 30.2 Å². The van der Waals surface area contributed by atoms with E-state index in [0.717, 1.165) is 34.6 Å². The van der Waals surface area contributed by atoms with Crippen LogP contribution < -0.4 is 10.2 Å². The van der Waals surface area contributed by atoms with E-state index >= 15 is 0 Å². The number of benzene rings is 1. The predicted molar refractivity (Wildman–Crippen MR) is 120 cm³/mol. The molecule has 0 saturated heterocycles. The molecule has 1 N–H and O–H groups in total. The third-order valence-electron chi connectivity index (χ3n) is 4.72. The van der Waals surface area contributed by atoms with Crippen LogP contribution in [-0.2, 0) is 6.54 Å². The Kier molecular flexibility index (Phi) is 5.54. The zero-order valence-corrected chi connectivity index (χ0v) is 17.7. The lowest BCUT2D eigenvalue weighted by molar-refractivity contribution is 0.416. The molecule has 1 aliphatic rings. The fourth-order valence-corrected chi connectivity index (χ4v) is 4.70. The average molecular weight is 411 g/mol. The number of nitrogens with zero attached hydrogens (tertiary/aromatic N) is 3. The normalized spacial score (nSPS) is 15.4. The van der Waals surface area contributed by atoms with Crippen molar-refractivity contribution in [2.45, 2.75) is 20.4 Å². The highest BCUT2D eigenvalue weighted by Gasteiger charge is 2.19. The number of hydrazone groups is 1. The first-order chi connectivity index (χ1) is 13.7. The lowest BCUT2D eigenvalue weighted by Crippen LogP contribution is -2.25. The number of thioether (sulfide) groups is 1. The van der Waals surface area contributed by atoms with Gasteiger partial charge in [-0.2, -0.15) is 5.10 Å². The van der Waals surface area contributed by atoms with E-state index in [9.17, 15) is 0 Å². The van der Waals surface area contributed by atoms with Crippen molar-refractivity contribution >= 4 is 39.7 Å². The van der Waals surface area contributed by atoms with Crippen LogP contribution in [0.5, 0.6) is 5.75 Å². The van der Waals surface area contributed by atoms with Gasteiger partial charge in [-0.3, -0.25) is 5.43 Å². The molecular weight excluding hydrogens is 388 g/mol. The minimum atomic E-state index is 0.754. The van der Waals surface area contributed by atoms with Crippen LogP contribution in [0, 0.1) is 13.8 Å². The summed E-state index contributed by atoms with van der Waals surface area (Å²) in [5, 5.41) is 7.51. The summed E-state index contributed by atoms with van der Waals surface area (Å²) in [7, 11) is 1.66. The number of aryl methyl sites for hydroxylation is 1. The Morgan fingerprint density at radius 1 is 1.21 bits per heavy atom. The minimum Gasteiger partial charge on any atom is -0.494 e. The molecule has 1 aliphatic heterocycles. The summed E-state index contributed by atoms with van der Waals surface area (Å²) in [4.78, 5) is 6.00. The first kappa shape index (κ1) is 18.8. The number of aliphatic imine (C=N–C) groups is 1. The SMILES string of the molecule is COc1ccccc1N=C1NN=C(c2cc(C)n(Cc3cccs3)c2C)CS1. The second kappa shape index (κ2) is 8.24. The number of aromatic nitrogens is 1. The molecule has 28 heavy (non-hydrogen) atoms. The van der Waals surface area contributed by atoms with Crippen molar-refractivity contribution in [3.63, 3.8) is 0 Å². The zero-order chi connectivity index (χ0) is 19.5. The molecule has 2 aromatic heterocycles. The van der Waals surface area contributed by atoms with Gasteiger partial charge in [-0.05, 0) is 43.5 Å². The molecule has 5 nitrogen and oxygen atoms in total. The van der Waals surface area contributed by atoms with Crippen LogP contribution in [0.25, 0.3) is 0 Å². The Balaban J connectivity index is 1.55. The van der Waals surface area contributed by atoms with E-state index in [0.29, 0.717) is 0 Å². The smallest absolute Gasteiger partial charge is 0.182 e. The van der Waals surface area contributed by atoms with Crippen molar-refractivity contribution in [1.29, 1.82) is 0 Å². The molecule has 0 atom stereocenters. The van der Waals surface area contributed by atoms with Crippen LogP contribution in [0.1, 0.15) is 21.8 Å². The summed E-state index contributed by atoms with van der Waals surface area (Å²) in [6, 6.07) is 14.2. The van der Waals surface area contributed by atoms with E-state index in [2.05, 4.69) is 57.5 Å². The van der Waals surface area contributed by atoms with Gasteiger partial charge in [0.2, 0.25) is 0 Å². The topological polar surface area (TPSA) is 50.9 Å². The summed E-state index contributed by atoms with van der Waals surface area (Å²) < 4.78 is 7.72. The molecule has 0 radical (unpaired) electrons. The third kappa shape index (κ3) is 3.86. The maximum atomic E-state index is 5.37. The first-order valence-electron chi connectivity index (χ1n) is 9.02. The van der Waals surface area contributed by atoms with Gasteiger partial charge < -0.3 is 9.30 Å². The number of hydrogen-bond acceptors (Lipinski definition) is 5. The summed E-state index contributed by atoms with van der Waals surface area (Å²) in [6.07, 6.45) is 0. The van der Waals surface area contributed by atoms with E-state index < -0.39 is 0 Å². The Labute approximate surface area is 173 Å². The van der Waals surface area contributed by atoms with E-state index in [-0.39, 0.29) is 0 Å². The maximum absolute atomic E-state index is 5.37. The minimum absolute atomic E-state index is 0.754. The van der Waals surface area contributed by atoms with Crippen molar-refractivity contribution < 1.29 is 4.74 Å². The summed E-state index contributed by atoms with van der Waals surface area (Å²) in [5.74, 6) is 1.54. The fraction of sp³-hybridized carbons (Fsp3) is 0.238. The van der Waals surface area contributed by atoms with Crippen LogP contribution in [0.4, 0.5) is 5.69 Å². The molecule has 3 heterocycles. The molecule has 3 aromatic rings. The monoisotopic (exact) mass is 410 g/mol. The lowest BCUT2D eigenvalue weighted by Gasteiger charge is -2.15. The van der Waals surface area contributed by atoms with Gasteiger partial charge in [-0.1, -0.05) is 30.0 Å². The van der Waals surface area contributed by atoms with Gasteiger partial charge in [0.25, 0.3) is 0 Å². The number of hydrogen-bond donors (Lipinski definition) is 1. The summed E-state index contributed by atoms with van der Waals surface area (Å²) >= 11 is 3.45. The Morgan fingerprint density at radius 2 is 2.07 bits per heavy atom. The van der Waals surface area contributed by atoms with Crippen LogP contribution in [0.2, 0.25) is 0 Å². The van der Waals surface area contributed by atoms with Crippen molar-refractivity contribution in [2.24, 2.45) is 10.1 Å². The van der Waals surface area contributed by atoms with Gasteiger partial charge in [0.1, 0.15) is 11.4 Å². The van der Waals surface area contributed by atoms with Crippen molar-refractivity contribution in [1.82, 2.24) is 9.99 Å². The summed E-state index contributed by atoms with van der Waals surface area (Å²) in [5.41, 5.74) is 8.66. The van der Waals surface area contributed by atoms with E-state index in [1.807, 2.05) is 24.3 Å². The second-order valence-corrected chi connectivity index (χ2v) is 8.49. The molecule has 4 rings (SSSR count). The predicted octanol–water partition coefficient (Wildman–Crippen LogP) is 4.95. The van der Waals surface area contributed by atoms with Crippen molar-refractivity contribution in [3.05, 3.63) is 69.7 Å². The van der Waals surface area contributed by atoms with Gasteiger partial charge in [0.15, 0.2) is 5.17 Å². The van der Waals surface area contributed by atoms with Crippen molar-refractivity contribution in [2.75, 3.05) is 12.9 Å². The number of nitrogens with one attached hydrogen (secondary N) is 1. The van der Waals surface area contributed by atoms with E-state index in [4.69, 9.17) is 4.74 Å². The number of ether oxygens (including phenoxy) is 1. The number of rotatable bonds is 5. The van der Waals surface area contributed by atoms with Gasteiger partial charge in [0, 0.05) is 27.6 Å². The Hall–Kier alpha value is -2.51. The number of thiophene rings is 1. The van der Waals surface area contributed by atoms with E-state index in [1.165, 1.54) is 21.8 Å². The molecule has 1 aromatic carbocycles. The largest absolute Gasteiger partial charge is 0.494 e. The molecule has 144 valence electrons. The number of amidine groups is 1. The van der Waals surface area contributed by atoms with Gasteiger partial charge in [-0.25, -0.2) is 4.99 Å². The van der Waals surface area contributed by atoms with Crippen molar-refractivity contribution in [3.8, 4) is 5.75 Å². The molecule has 0 aliphatic carbocycles. The first-order valence-corrected chi connectivity index (χ1v) is 10.9. The standard InChI is InChI=1S/C21H22N4OS2/c1-14-11-17(15(2)25(14)12-16-7-6-10-27-16)19-13-28-21(24-23-19)22-18-8-4-5-9-20(18)26-3/h4-11H,12-13H2,1-3H3,(H,22,24). The molecule has 0 amide bonds. The maximum Gasteiger partial charge on any atom is 0.182 e. The Morgan fingerprint density at radius 3 is 2.79 bits per heavy atom. The van der Waals surface area contributed by atoms with Crippen LogP contribution in [-0.4, -0.2) is 28.3 Å². The molecule has 0 fully saturated rings. The quantitative estimate of drug-likeness (QED) is 0.647. The Bertz CT molecular complexity index is 1030. The molecule has 0 bridgehead atoms. The lowest BCUT2D eigenvalue weighted by atomic mass is 10.1. The highest BCUT2D eigenvalue weighted by molar-refractivity contribution is 8.14. The summed E-state index contributed by atoms with van der Waals surface area (Å²) in [6.45, 7) is 5.23.